The Morgan fingerprint density at radius 2 is 1.77 bits per heavy atom. The van der Waals surface area contributed by atoms with Crippen LogP contribution in [0, 0.1) is 11.8 Å². The van der Waals surface area contributed by atoms with Gasteiger partial charge in [-0.2, -0.15) is 0 Å². The largest absolute Gasteiger partial charge is 0.354 e. The monoisotopic (exact) mass is 413 g/mol. The highest BCUT2D eigenvalue weighted by Crippen LogP contribution is 2.24. The van der Waals surface area contributed by atoms with Gasteiger partial charge in [0.05, 0.1) is 5.69 Å². The number of amides is 1. The van der Waals surface area contributed by atoms with Crippen LogP contribution < -0.4 is 10.4 Å². The third-order valence-corrected chi connectivity index (χ3v) is 5.20. The molecule has 0 radical (unpaired) electrons. The molecule has 0 unspecified atom stereocenters. The van der Waals surface area contributed by atoms with Crippen LogP contribution in [0.5, 0.6) is 0 Å². The van der Waals surface area contributed by atoms with Crippen LogP contribution in [0.25, 0.3) is 11.3 Å². The molecule has 4 rings (SSSR count). The molecule has 1 aliphatic rings. The molecule has 156 valence electrons. The highest BCUT2D eigenvalue weighted by Gasteiger charge is 2.18. The van der Waals surface area contributed by atoms with Gasteiger partial charge in [0.15, 0.2) is 0 Å². The van der Waals surface area contributed by atoms with Gasteiger partial charge in [-0.25, -0.2) is 10.5 Å². The number of carbonyl (C=O) groups excluding carboxylic acids is 1. The second-order valence-electron chi connectivity index (χ2n) is 7.40. The Bertz CT molecular complexity index is 1110. The standard InChI is InChI=1S/C24H23N5O2/c1-28-11-13-29(14-12-28)23-16-21(24(30)27-31)15-22(26-23)20-8-6-18(7-9-20)4-5-19-3-2-10-25-17-19/h2-3,6-10,15-17,31H,11-14H2,1H3,(H,27,30). The van der Waals surface area contributed by atoms with E-state index in [4.69, 9.17) is 10.2 Å². The van der Waals surface area contributed by atoms with Crippen LogP contribution in [0.15, 0.2) is 60.9 Å². The predicted molar refractivity (Wildman–Crippen MR) is 119 cm³/mol. The maximum absolute atomic E-state index is 12.1. The molecule has 0 spiro atoms. The average molecular weight is 413 g/mol. The summed E-state index contributed by atoms with van der Waals surface area (Å²) in [6.07, 6.45) is 3.44. The number of nitrogens with zero attached hydrogens (tertiary/aromatic N) is 4. The molecule has 0 atom stereocenters. The fourth-order valence-electron chi connectivity index (χ4n) is 3.36. The van der Waals surface area contributed by atoms with E-state index in [0.717, 1.165) is 48.7 Å². The van der Waals surface area contributed by atoms with E-state index in [2.05, 4.69) is 33.7 Å². The van der Waals surface area contributed by atoms with Crippen molar-refractivity contribution in [2.75, 3.05) is 38.1 Å². The molecule has 31 heavy (non-hydrogen) atoms. The third-order valence-electron chi connectivity index (χ3n) is 5.20. The number of rotatable bonds is 3. The lowest BCUT2D eigenvalue weighted by molar-refractivity contribution is 0.0706. The molecule has 1 aliphatic heterocycles. The summed E-state index contributed by atoms with van der Waals surface area (Å²) in [5.41, 5.74) is 5.35. The van der Waals surface area contributed by atoms with Gasteiger partial charge in [-0.15, -0.1) is 0 Å². The first-order valence-corrected chi connectivity index (χ1v) is 10.0. The number of benzene rings is 1. The van der Waals surface area contributed by atoms with E-state index in [1.54, 1.807) is 30.0 Å². The topological polar surface area (TPSA) is 81.6 Å². The summed E-state index contributed by atoms with van der Waals surface area (Å²) in [5.74, 6) is 6.38. The van der Waals surface area contributed by atoms with Gasteiger partial charge in [-0.05, 0) is 43.4 Å². The Morgan fingerprint density at radius 3 is 2.45 bits per heavy atom. The molecule has 3 aromatic rings. The molecule has 3 heterocycles. The summed E-state index contributed by atoms with van der Waals surface area (Å²) in [5, 5.41) is 9.12. The number of pyridine rings is 2. The van der Waals surface area contributed by atoms with Crippen LogP contribution in [0.1, 0.15) is 21.5 Å². The number of carbonyl (C=O) groups is 1. The SMILES string of the molecule is CN1CCN(c2cc(C(=O)NO)cc(-c3ccc(C#Cc4cccnc4)cc3)n2)CC1. The molecule has 0 saturated carbocycles. The van der Waals surface area contributed by atoms with Crippen LogP contribution in [0.3, 0.4) is 0 Å². The highest BCUT2D eigenvalue weighted by molar-refractivity contribution is 5.95. The maximum Gasteiger partial charge on any atom is 0.274 e. The molecular weight excluding hydrogens is 390 g/mol. The van der Waals surface area contributed by atoms with Crippen molar-refractivity contribution >= 4 is 11.7 Å². The van der Waals surface area contributed by atoms with Crippen LogP contribution >= 0.6 is 0 Å². The van der Waals surface area contributed by atoms with Crippen molar-refractivity contribution in [2.24, 2.45) is 0 Å². The molecule has 2 N–H and O–H groups in total. The second-order valence-corrected chi connectivity index (χ2v) is 7.40. The molecular formula is C24H23N5O2. The minimum atomic E-state index is -0.557. The lowest BCUT2D eigenvalue weighted by atomic mass is 10.1. The van der Waals surface area contributed by atoms with Crippen molar-refractivity contribution in [2.45, 2.75) is 0 Å². The number of piperazine rings is 1. The van der Waals surface area contributed by atoms with Crippen LogP contribution in [-0.4, -0.2) is 59.2 Å². The van der Waals surface area contributed by atoms with Crippen molar-refractivity contribution in [3.63, 3.8) is 0 Å². The van der Waals surface area contributed by atoms with Gasteiger partial charge >= 0.3 is 0 Å². The van der Waals surface area contributed by atoms with Crippen molar-refractivity contribution in [3.05, 3.63) is 77.6 Å². The molecule has 1 aromatic carbocycles. The fraction of sp³-hybridized carbons (Fsp3) is 0.208. The molecule has 7 heteroatoms. The Hall–Kier alpha value is -3.73. The molecule has 1 saturated heterocycles. The van der Waals surface area contributed by atoms with E-state index >= 15 is 0 Å². The van der Waals surface area contributed by atoms with E-state index < -0.39 is 5.91 Å². The average Bonchev–Trinajstić information content (AvgIpc) is 2.83. The Kier molecular flexibility index (Phi) is 6.22. The number of nitrogens with one attached hydrogen (secondary N) is 1. The molecule has 1 amide bonds. The van der Waals surface area contributed by atoms with Gasteiger partial charge in [-0.3, -0.25) is 15.0 Å². The van der Waals surface area contributed by atoms with E-state index in [9.17, 15) is 4.79 Å². The van der Waals surface area contributed by atoms with Gasteiger partial charge < -0.3 is 9.80 Å². The summed E-state index contributed by atoms with van der Waals surface area (Å²) in [6.45, 7) is 3.52. The van der Waals surface area contributed by atoms with Crippen molar-refractivity contribution in [3.8, 4) is 23.1 Å². The lowest BCUT2D eigenvalue weighted by Crippen LogP contribution is -2.45. The second kappa shape index (κ2) is 9.39. The zero-order valence-electron chi connectivity index (χ0n) is 17.2. The van der Waals surface area contributed by atoms with Crippen molar-refractivity contribution < 1.29 is 10.0 Å². The van der Waals surface area contributed by atoms with Gasteiger partial charge in [-0.1, -0.05) is 24.0 Å². The van der Waals surface area contributed by atoms with E-state index in [-0.39, 0.29) is 0 Å². The van der Waals surface area contributed by atoms with Gasteiger partial charge in [0.25, 0.3) is 5.91 Å². The number of hydroxylamine groups is 1. The first-order valence-electron chi connectivity index (χ1n) is 10.0. The molecule has 1 fully saturated rings. The molecule has 7 nitrogen and oxygen atoms in total. The predicted octanol–water partition coefficient (Wildman–Crippen LogP) is 2.41. The van der Waals surface area contributed by atoms with Crippen LogP contribution in [0.4, 0.5) is 5.82 Å². The van der Waals surface area contributed by atoms with Crippen molar-refractivity contribution in [1.29, 1.82) is 0 Å². The van der Waals surface area contributed by atoms with Gasteiger partial charge in [0, 0.05) is 60.8 Å². The minimum Gasteiger partial charge on any atom is -0.354 e. The summed E-state index contributed by atoms with van der Waals surface area (Å²) in [4.78, 5) is 25.4. The van der Waals surface area contributed by atoms with E-state index in [1.807, 2.05) is 36.4 Å². The lowest BCUT2D eigenvalue weighted by Gasteiger charge is -2.33. The zero-order chi connectivity index (χ0) is 21.6. The Morgan fingerprint density at radius 1 is 1.03 bits per heavy atom. The molecule has 2 aromatic heterocycles. The minimum absolute atomic E-state index is 0.363. The number of hydrogen-bond donors (Lipinski definition) is 2. The third kappa shape index (κ3) is 5.07. The van der Waals surface area contributed by atoms with Gasteiger partial charge in [0.1, 0.15) is 5.82 Å². The quantitative estimate of drug-likeness (QED) is 0.390. The van der Waals surface area contributed by atoms with E-state index in [1.165, 1.54) is 0 Å². The molecule has 0 aliphatic carbocycles. The number of hydrogen-bond acceptors (Lipinski definition) is 6. The number of likely N-dealkylation sites (N-methyl/N-ethyl adjacent to an activating group) is 1. The van der Waals surface area contributed by atoms with E-state index in [0.29, 0.717) is 11.3 Å². The Labute approximate surface area is 181 Å². The number of anilines is 1. The van der Waals surface area contributed by atoms with Crippen LogP contribution in [-0.2, 0) is 0 Å². The number of aromatic nitrogens is 2. The maximum atomic E-state index is 12.1. The zero-order valence-corrected chi connectivity index (χ0v) is 17.2. The van der Waals surface area contributed by atoms with Crippen LogP contribution in [0.2, 0.25) is 0 Å². The summed E-state index contributed by atoms with van der Waals surface area (Å²) < 4.78 is 0. The summed E-state index contributed by atoms with van der Waals surface area (Å²) in [6, 6.07) is 14.9. The first-order chi connectivity index (χ1) is 15.1. The van der Waals surface area contributed by atoms with Crippen molar-refractivity contribution in [1.82, 2.24) is 20.3 Å². The first kappa shape index (κ1) is 20.5. The normalized spacial score (nSPS) is 13.9. The molecule has 0 bridgehead atoms. The fourth-order valence-corrected chi connectivity index (χ4v) is 3.36. The Balaban J connectivity index is 1.62. The summed E-state index contributed by atoms with van der Waals surface area (Å²) >= 11 is 0. The van der Waals surface area contributed by atoms with Gasteiger partial charge in [0.2, 0.25) is 0 Å². The highest BCUT2D eigenvalue weighted by atomic mass is 16.5. The smallest absolute Gasteiger partial charge is 0.274 e. The summed E-state index contributed by atoms with van der Waals surface area (Å²) in [7, 11) is 2.09.